The van der Waals surface area contributed by atoms with Crippen molar-refractivity contribution in [2.45, 2.75) is 44.4 Å². The first-order valence-electron chi connectivity index (χ1n) is 8.82. The topological polar surface area (TPSA) is 32.3 Å². The lowest BCUT2D eigenvalue weighted by Crippen LogP contribution is -2.53. The molecule has 0 radical (unpaired) electrons. The minimum Gasteiger partial charge on any atom is -0.342 e. The van der Waals surface area contributed by atoms with E-state index in [0.717, 1.165) is 57.8 Å². The van der Waals surface area contributed by atoms with Crippen LogP contribution in [0.2, 0.25) is 0 Å². The first-order chi connectivity index (χ1) is 10.8. The Labute approximate surface area is 146 Å². The van der Waals surface area contributed by atoms with Crippen molar-refractivity contribution in [3.8, 4) is 0 Å². The van der Waals surface area contributed by atoms with Crippen molar-refractivity contribution in [2.75, 3.05) is 26.2 Å². The fourth-order valence-electron chi connectivity index (χ4n) is 3.90. The van der Waals surface area contributed by atoms with Gasteiger partial charge in [0.25, 0.3) is 0 Å². The summed E-state index contributed by atoms with van der Waals surface area (Å²) in [5.74, 6) is 1.12. The number of nitrogens with one attached hydrogen (secondary N) is 1. The molecule has 0 bridgehead atoms. The van der Waals surface area contributed by atoms with Gasteiger partial charge in [-0.3, -0.25) is 4.79 Å². The number of carbonyl (C=O) groups excluding carboxylic acids is 1. The highest BCUT2D eigenvalue weighted by Gasteiger charge is 2.47. The molecule has 1 amide bonds. The summed E-state index contributed by atoms with van der Waals surface area (Å²) in [6.45, 7) is 6.16. The zero-order chi connectivity index (χ0) is 15.4. The Morgan fingerprint density at radius 3 is 2.39 bits per heavy atom. The summed E-state index contributed by atoms with van der Waals surface area (Å²) >= 11 is 0. The standard InChI is InChI=1S/C19H28N2O.ClH/c1-2-20-15-16-9-13-21(14-10-16)18(22)19(11-6-12-19)17-7-4-3-5-8-17;/h3-5,7-8,16,20H,2,6,9-15H2,1H3;1H. The average Bonchev–Trinajstić information content (AvgIpc) is 2.53. The SMILES string of the molecule is CCNCC1CCN(C(=O)C2(c3ccccc3)CCC2)CC1.Cl. The molecule has 1 saturated carbocycles. The van der Waals surface area contributed by atoms with Gasteiger partial charge in [0.2, 0.25) is 5.91 Å². The van der Waals surface area contributed by atoms with Crippen LogP contribution in [0.4, 0.5) is 0 Å². The zero-order valence-electron chi connectivity index (χ0n) is 14.1. The Balaban J connectivity index is 0.00000192. The van der Waals surface area contributed by atoms with E-state index in [4.69, 9.17) is 0 Å². The van der Waals surface area contributed by atoms with Crippen molar-refractivity contribution in [1.29, 1.82) is 0 Å². The molecule has 0 spiro atoms. The van der Waals surface area contributed by atoms with Crippen LogP contribution in [0.1, 0.15) is 44.6 Å². The van der Waals surface area contributed by atoms with E-state index in [0.29, 0.717) is 5.91 Å². The van der Waals surface area contributed by atoms with Crippen LogP contribution in [-0.2, 0) is 10.2 Å². The van der Waals surface area contributed by atoms with Gasteiger partial charge in [-0.1, -0.05) is 43.7 Å². The van der Waals surface area contributed by atoms with Gasteiger partial charge in [0.05, 0.1) is 5.41 Å². The maximum Gasteiger partial charge on any atom is 0.233 e. The number of carbonyl (C=O) groups is 1. The van der Waals surface area contributed by atoms with Crippen LogP contribution >= 0.6 is 12.4 Å². The van der Waals surface area contributed by atoms with Gasteiger partial charge < -0.3 is 10.2 Å². The highest BCUT2D eigenvalue weighted by atomic mass is 35.5. The molecule has 2 aliphatic rings. The van der Waals surface area contributed by atoms with E-state index in [1.54, 1.807) is 0 Å². The number of rotatable bonds is 5. The first-order valence-corrected chi connectivity index (χ1v) is 8.82. The second kappa shape index (κ2) is 8.16. The van der Waals surface area contributed by atoms with Gasteiger partial charge in [-0.25, -0.2) is 0 Å². The lowest BCUT2D eigenvalue weighted by Gasteiger charge is -2.45. The third kappa shape index (κ3) is 3.72. The number of piperidine rings is 1. The summed E-state index contributed by atoms with van der Waals surface area (Å²) in [6.07, 6.45) is 5.51. The fraction of sp³-hybridized carbons (Fsp3) is 0.632. The van der Waals surface area contributed by atoms with Crippen molar-refractivity contribution in [1.82, 2.24) is 10.2 Å². The largest absolute Gasteiger partial charge is 0.342 e. The second-order valence-corrected chi connectivity index (χ2v) is 6.84. The quantitative estimate of drug-likeness (QED) is 0.894. The highest BCUT2D eigenvalue weighted by molar-refractivity contribution is 5.89. The van der Waals surface area contributed by atoms with E-state index in [1.807, 2.05) is 6.07 Å². The van der Waals surface area contributed by atoms with Crippen LogP contribution in [-0.4, -0.2) is 37.0 Å². The molecule has 1 saturated heterocycles. The summed E-state index contributed by atoms with van der Waals surface area (Å²) in [6, 6.07) is 10.4. The summed E-state index contributed by atoms with van der Waals surface area (Å²) < 4.78 is 0. The second-order valence-electron chi connectivity index (χ2n) is 6.84. The smallest absolute Gasteiger partial charge is 0.233 e. The third-order valence-corrected chi connectivity index (χ3v) is 5.53. The van der Waals surface area contributed by atoms with Crippen LogP contribution in [0.5, 0.6) is 0 Å². The lowest BCUT2D eigenvalue weighted by molar-refractivity contribution is -0.142. The Hall–Kier alpha value is -1.06. The van der Waals surface area contributed by atoms with E-state index < -0.39 is 0 Å². The molecule has 1 aromatic rings. The fourth-order valence-corrected chi connectivity index (χ4v) is 3.90. The summed E-state index contributed by atoms with van der Waals surface area (Å²) in [5.41, 5.74) is 1.01. The molecule has 128 valence electrons. The minimum absolute atomic E-state index is 0. The molecule has 0 unspecified atom stereocenters. The van der Waals surface area contributed by atoms with Crippen LogP contribution in [0, 0.1) is 5.92 Å². The Morgan fingerprint density at radius 2 is 1.87 bits per heavy atom. The number of likely N-dealkylation sites (tertiary alicyclic amines) is 1. The molecule has 1 N–H and O–H groups in total. The maximum atomic E-state index is 13.1. The van der Waals surface area contributed by atoms with Crippen LogP contribution in [0.3, 0.4) is 0 Å². The Bertz CT molecular complexity index is 493. The summed E-state index contributed by atoms with van der Waals surface area (Å²) in [5, 5.41) is 3.44. The van der Waals surface area contributed by atoms with Crippen molar-refractivity contribution < 1.29 is 4.79 Å². The van der Waals surface area contributed by atoms with E-state index in [2.05, 4.69) is 41.4 Å². The van der Waals surface area contributed by atoms with Gasteiger partial charge in [-0.2, -0.15) is 0 Å². The van der Waals surface area contributed by atoms with E-state index in [1.165, 1.54) is 12.0 Å². The van der Waals surface area contributed by atoms with E-state index in [-0.39, 0.29) is 17.8 Å². The van der Waals surface area contributed by atoms with E-state index in [9.17, 15) is 4.79 Å². The molecule has 1 heterocycles. The van der Waals surface area contributed by atoms with Crippen molar-refractivity contribution in [3.63, 3.8) is 0 Å². The van der Waals surface area contributed by atoms with Gasteiger partial charge in [-0.05, 0) is 50.3 Å². The molecule has 3 nitrogen and oxygen atoms in total. The van der Waals surface area contributed by atoms with Crippen LogP contribution in [0.25, 0.3) is 0 Å². The molecular weight excluding hydrogens is 308 g/mol. The molecule has 4 heteroatoms. The molecule has 0 atom stereocenters. The van der Waals surface area contributed by atoms with Crippen molar-refractivity contribution >= 4 is 18.3 Å². The summed E-state index contributed by atoms with van der Waals surface area (Å²) in [4.78, 5) is 15.3. The van der Waals surface area contributed by atoms with Gasteiger partial charge in [-0.15, -0.1) is 12.4 Å². The molecule has 23 heavy (non-hydrogen) atoms. The third-order valence-electron chi connectivity index (χ3n) is 5.53. The van der Waals surface area contributed by atoms with Gasteiger partial charge >= 0.3 is 0 Å². The van der Waals surface area contributed by atoms with Gasteiger partial charge in [0.15, 0.2) is 0 Å². The number of benzene rings is 1. The lowest BCUT2D eigenvalue weighted by atomic mass is 9.63. The monoisotopic (exact) mass is 336 g/mol. The predicted molar refractivity (Wildman–Crippen MR) is 97.1 cm³/mol. The Morgan fingerprint density at radius 1 is 1.22 bits per heavy atom. The van der Waals surface area contributed by atoms with Crippen LogP contribution < -0.4 is 5.32 Å². The number of hydrogen-bond acceptors (Lipinski definition) is 2. The maximum absolute atomic E-state index is 13.1. The van der Waals surface area contributed by atoms with Crippen LogP contribution in [0.15, 0.2) is 30.3 Å². The zero-order valence-corrected chi connectivity index (χ0v) is 14.9. The minimum atomic E-state index is -0.213. The molecule has 1 aliphatic heterocycles. The van der Waals surface area contributed by atoms with Crippen molar-refractivity contribution in [2.24, 2.45) is 5.92 Å². The van der Waals surface area contributed by atoms with E-state index >= 15 is 0 Å². The molecule has 2 fully saturated rings. The van der Waals surface area contributed by atoms with Crippen molar-refractivity contribution in [3.05, 3.63) is 35.9 Å². The molecule has 0 aromatic heterocycles. The summed E-state index contributed by atoms with van der Waals surface area (Å²) in [7, 11) is 0. The van der Waals surface area contributed by atoms with Gasteiger partial charge in [0.1, 0.15) is 0 Å². The number of nitrogens with zero attached hydrogens (tertiary/aromatic N) is 1. The normalized spacial score (nSPS) is 20.5. The molecule has 3 rings (SSSR count). The molecule has 1 aliphatic carbocycles. The Kier molecular flexibility index (Phi) is 6.49. The highest BCUT2D eigenvalue weighted by Crippen LogP contribution is 2.45. The van der Waals surface area contributed by atoms with Gasteiger partial charge in [0, 0.05) is 13.1 Å². The average molecular weight is 337 g/mol. The number of halogens is 1. The number of hydrogen-bond donors (Lipinski definition) is 1. The number of amides is 1. The first kappa shape index (κ1) is 18.3. The molecular formula is C19H29ClN2O. The predicted octanol–water partition coefficient (Wildman–Crippen LogP) is 3.38. The molecule has 1 aromatic carbocycles.